The van der Waals surface area contributed by atoms with Crippen molar-refractivity contribution in [1.82, 2.24) is 20.4 Å². The lowest BCUT2D eigenvalue weighted by Gasteiger charge is -2.33. The number of hydrogen-bond acceptors (Lipinski definition) is 6. The third-order valence-corrected chi connectivity index (χ3v) is 8.79. The Hall–Kier alpha value is -3.43. The van der Waals surface area contributed by atoms with Gasteiger partial charge in [0.05, 0.1) is 13.2 Å². The minimum atomic E-state index is -0.696. The van der Waals surface area contributed by atoms with Gasteiger partial charge >= 0.3 is 0 Å². The molecule has 2 fully saturated rings. The number of nitrogens with two attached hydrogens (primary N) is 1. The van der Waals surface area contributed by atoms with E-state index in [9.17, 15) is 14.4 Å². The number of rotatable bonds is 13. The average molecular weight is 578 g/mol. The van der Waals surface area contributed by atoms with Gasteiger partial charge in [-0.15, -0.1) is 0 Å². The second kappa shape index (κ2) is 15.2. The highest BCUT2D eigenvalue weighted by atomic mass is 16.5. The quantitative estimate of drug-likeness (QED) is 0.337. The van der Waals surface area contributed by atoms with Gasteiger partial charge < -0.3 is 30.9 Å². The molecule has 4 N–H and O–H groups in total. The summed E-state index contributed by atoms with van der Waals surface area (Å²) in [6, 6.07) is 16.2. The van der Waals surface area contributed by atoms with Crippen LogP contribution < -0.4 is 21.1 Å². The van der Waals surface area contributed by atoms with Crippen molar-refractivity contribution in [2.24, 2.45) is 11.7 Å². The minimum absolute atomic E-state index is 0.00105. The Morgan fingerprint density at radius 3 is 2.45 bits per heavy atom. The minimum Gasteiger partial charge on any atom is -0.497 e. The third kappa shape index (κ3) is 8.10. The number of ether oxygens (including phenoxy) is 1. The first kappa shape index (κ1) is 31.5. The Morgan fingerprint density at radius 2 is 1.76 bits per heavy atom. The van der Waals surface area contributed by atoms with Crippen molar-refractivity contribution in [2.75, 3.05) is 27.2 Å². The van der Waals surface area contributed by atoms with Gasteiger partial charge in [-0.25, -0.2) is 0 Å². The van der Waals surface area contributed by atoms with Crippen molar-refractivity contribution in [2.45, 2.75) is 82.6 Å². The summed E-state index contributed by atoms with van der Waals surface area (Å²) in [5.74, 6) is 0.167. The van der Waals surface area contributed by atoms with Gasteiger partial charge in [0.25, 0.3) is 0 Å². The Morgan fingerprint density at radius 1 is 1.05 bits per heavy atom. The van der Waals surface area contributed by atoms with E-state index < -0.39 is 18.1 Å². The van der Waals surface area contributed by atoms with E-state index in [1.807, 2.05) is 49.4 Å². The maximum Gasteiger partial charge on any atom is 0.246 e. The van der Waals surface area contributed by atoms with Crippen LogP contribution in [0.1, 0.15) is 56.6 Å². The topological polar surface area (TPSA) is 117 Å². The van der Waals surface area contributed by atoms with E-state index in [1.165, 1.54) is 5.56 Å². The van der Waals surface area contributed by atoms with E-state index >= 15 is 0 Å². The number of benzene rings is 2. The predicted molar refractivity (Wildman–Crippen MR) is 164 cm³/mol. The Bertz CT molecular complexity index is 1170. The molecule has 4 rings (SSSR count). The molecule has 0 spiro atoms. The van der Waals surface area contributed by atoms with Crippen molar-refractivity contribution in [3.63, 3.8) is 0 Å². The summed E-state index contributed by atoms with van der Waals surface area (Å²) in [6.45, 7) is 3.94. The van der Waals surface area contributed by atoms with Gasteiger partial charge in [0.2, 0.25) is 17.7 Å². The van der Waals surface area contributed by atoms with E-state index in [1.54, 1.807) is 12.0 Å². The molecule has 42 heavy (non-hydrogen) atoms. The van der Waals surface area contributed by atoms with Gasteiger partial charge in [-0.1, -0.05) is 49.4 Å². The highest BCUT2D eigenvalue weighted by Gasteiger charge is 2.47. The van der Waals surface area contributed by atoms with E-state index in [0.29, 0.717) is 25.8 Å². The highest BCUT2D eigenvalue weighted by Crippen LogP contribution is 2.35. The maximum atomic E-state index is 14.2. The fraction of sp³-hybridized carbons (Fsp3) is 0.545. The molecule has 9 nitrogen and oxygen atoms in total. The second-order valence-corrected chi connectivity index (χ2v) is 11.7. The van der Waals surface area contributed by atoms with Crippen LogP contribution in [-0.2, 0) is 27.3 Å². The van der Waals surface area contributed by atoms with E-state index in [-0.39, 0.29) is 29.7 Å². The smallest absolute Gasteiger partial charge is 0.246 e. The van der Waals surface area contributed by atoms with Crippen LogP contribution in [0.25, 0.3) is 0 Å². The molecule has 2 aliphatic heterocycles. The molecule has 228 valence electrons. The number of carbonyl (C=O) groups excluding carboxylic acids is 3. The summed E-state index contributed by atoms with van der Waals surface area (Å²) in [4.78, 5) is 44.5. The number of amides is 3. The van der Waals surface area contributed by atoms with Crippen molar-refractivity contribution in [1.29, 1.82) is 0 Å². The summed E-state index contributed by atoms with van der Waals surface area (Å²) >= 11 is 0. The molecular formula is C33H47N5O4. The van der Waals surface area contributed by atoms with Gasteiger partial charge in [0.15, 0.2) is 0 Å². The number of hydrogen-bond donors (Lipinski definition) is 3. The SMILES string of the molecule is CC[C@H](N)C(=O)N[C@@H]1C(=O)N2[C@@H](CCC1CCN(C)Cc1ccccc1)CC[C@H]2C(=O)NCCc1ccc(OC)cc1. The van der Waals surface area contributed by atoms with Crippen molar-refractivity contribution in [3.05, 3.63) is 65.7 Å². The summed E-state index contributed by atoms with van der Waals surface area (Å²) in [5, 5.41) is 6.07. The molecule has 0 bridgehead atoms. The van der Waals surface area contributed by atoms with Gasteiger partial charge in [-0.3, -0.25) is 14.4 Å². The summed E-state index contributed by atoms with van der Waals surface area (Å²) in [6.07, 6.45) is 4.99. The number of fused-ring (bicyclic) bond motifs is 1. The first-order valence-electron chi connectivity index (χ1n) is 15.3. The van der Waals surface area contributed by atoms with Crippen LogP contribution in [0.3, 0.4) is 0 Å². The van der Waals surface area contributed by atoms with Crippen molar-refractivity contribution < 1.29 is 19.1 Å². The Kier molecular flexibility index (Phi) is 11.4. The first-order chi connectivity index (χ1) is 20.3. The molecular weight excluding hydrogens is 530 g/mol. The molecule has 2 saturated heterocycles. The zero-order valence-electron chi connectivity index (χ0n) is 25.3. The summed E-state index contributed by atoms with van der Waals surface area (Å²) in [7, 11) is 3.71. The van der Waals surface area contributed by atoms with Crippen LogP contribution >= 0.6 is 0 Å². The van der Waals surface area contributed by atoms with E-state index in [0.717, 1.165) is 50.1 Å². The Balaban J connectivity index is 1.42. The molecule has 5 atom stereocenters. The fourth-order valence-corrected chi connectivity index (χ4v) is 6.23. The maximum absolute atomic E-state index is 14.2. The highest BCUT2D eigenvalue weighted by molar-refractivity contribution is 5.94. The molecule has 9 heteroatoms. The van der Waals surface area contributed by atoms with Gasteiger partial charge in [-0.2, -0.15) is 0 Å². The van der Waals surface area contributed by atoms with Gasteiger partial charge in [0, 0.05) is 19.1 Å². The third-order valence-electron chi connectivity index (χ3n) is 8.79. The fourth-order valence-electron chi connectivity index (χ4n) is 6.23. The van der Waals surface area contributed by atoms with Gasteiger partial charge in [0.1, 0.15) is 17.8 Å². The van der Waals surface area contributed by atoms with Gasteiger partial charge in [-0.05, 0) is 87.7 Å². The predicted octanol–water partition coefficient (Wildman–Crippen LogP) is 2.87. The van der Waals surface area contributed by atoms with Crippen LogP contribution in [0.15, 0.2) is 54.6 Å². The standard InChI is InChI=1S/C33H47N5O4/c1-4-28(34)31(39)36-30-25(19-21-37(2)22-24-8-6-5-7-9-24)12-13-26-14-17-29(38(26)33(30)41)32(40)35-20-18-23-10-15-27(42-3)16-11-23/h5-11,15-16,25-26,28-30H,4,12-14,17-22,34H2,1-3H3,(H,35,40)(H,36,39)/t25?,26-,28-,29-,30-/m0/s1. The first-order valence-corrected chi connectivity index (χ1v) is 15.3. The van der Waals surface area contributed by atoms with Crippen molar-refractivity contribution >= 4 is 17.7 Å². The molecule has 0 saturated carbocycles. The molecule has 3 amide bonds. The monoisotopic (exact) mass is 577 g/mol. The molecule has 2 heterocycles. The molecule has 2 aromatic rings. The van der Waals surface area contributed by atoms with E-state index in [2.05, 4.69) is 34.7 Å². The number of carbonyl (C=O) groups is 3. The molecule has 2 aliphatic rings. The zero-order chi connectivity index (χ0) is 30.1. The summed E-state index contributed by atoms with van der Waals surface area (Å²) < 4.78 is 5.22. The van der Waals surface area contributed by atoms with Crippen LogP contribution in [-0.4, -0.2) is 78.9 Å². The number of methoxy groups -OCH3 is 1. The number of nitrogens with zero attached hydrogens (tertiary/aromatic N) is 2. The number of nitrogens with one attached hydrogen (secondary N) is 2. The van der Waals surface area contributed by atoms with E-state index in [4.69, 9.17) is 10.5 Å². The largest absolute Gasteiger partial charge is 0.497 e. The van der Waals surface area contributed by atoms with Crippen LogP contribution in [0.4, 0.5) is 0 Å². The molecule has 1 unspecified atom stereocenters. The lowest BCUT2D eigenvalue weighted by atomic mass is 9.89. The van der Waals surface area contributed by atoms with Crippen LogP contribution in [0.2, 0.25) is 0 Å². The lowest BCUT2D eigenvalue weighted by Crippen LogP contribution is -2.58. The second-order valence-electron chi connectivity index (χ2n) is 11.7. The zero-order valence-corrected chi connectivity index (χ0v) is 25.3. The molecule has 0 radical (unpaired) electrons. The lowest BCUT2D eigenvalue weighted by molar-refractivity contribution is -0.143. The van der Waals surface area contributed by atoms with Crippen LogP contribution in [0, 0.1) is 5.92 Å². The normalized spacial score (nSPS) is 22.8. The average Bonchev–Trinajstić information content (AvgIpc) is 3.39. The molecule has 0 aromatic heterocycles. The Labute approximate surface area is 250 Å². The molecule has 2 aromatic carbocycles. The molecule has 0 aliphatic carbocycles. The van der Waals surface area contributed by atoms with Crippen molar-refractivity contribution in [3.8, 4) is 5.75 Å². The van der Waals surface area contributed by atoms with Crippen LogP contribution in [0.5, 0.6) is 5.75 Å². The summed E-state index contributed by atoms with van der Waals surface area (Å²) in [5.41, 5.74) is 8.39.